The molecular weight excluding hydrogens is 306 g/mol. The van der Waals surface area contributed by atoms with Gasteiger partial charge in [-0.05, 0) is 12.1 Å². The molecule has 1 aromatic heterocycles. The summed E-state index contributed by atoms with van der Waals surface area (Å²) in [5, 5.41) is 6.05. The minimum atomic E-state index is -0.250. The summed E-state index contributed by atoms with van der Waals surface area (Å²) in [6, 6.07) is 11.0. The third kappa shape index (κ3) is 4.74. The highest BCUT2D eigenvalue weighted by molar-refractivity contribution is 6.03. The molecule has 1 aromatic carbocycles. The first-order chi connectivity index (χ1) is 11.8. The van der Waals surface area contributed by atoms with Crippen molar-refractivity contribution in [3.05, 3.63) is 48.4 Å². The van der Waals surface area contributed by atoms with Gasteiger partial charge in [-0.3, -0.25) is 9.69 Å². The summed E-state index contributed by atoms with van der Waals surface area (Å²) in [7, 11) is 0. The number of benzene rings is 1. The second-order valence-corrected chi connectivity index (χ2v) is 5.49. The highest BCUT2D eigenvalue weighted by Gasteiger charge is 2.11. The summed E-state index contributed by atoms with van der Waals surface area (Å²) >= 11 is 0. The lowest BCUT2D eigenvalue weighted by atomic mass is 10.3. The fourth-order valence-corrected chi connectivity index (χ4v) is 2.46. The molecule has 0 atom stereocenters. The van der Waals surface area contributed by atoms with E-state index in [9.17, 15) is 4.79 Å². The van der Waals surface area contributed by atoms with Crippen LogP contribution in [0.2, 0.25) is 0 Å². The molecule has 0 unspecified atom stereocenters. The molecule has 1 amide bonds. The quantitative estimate of drug-likeness (QED) is 0.836. The summed E-state index contributed by atoms with van der Waals surface area (Å²) in [6.45, 7) is 5.16. The monoisotopic (exact) mass is 327 g/mol. The van der Waals surface area contributed by atoms with Crippen LogP contribution in [0.3, 0.4) is 0 Å². The molecule has 1 saturated heterocycles. The van der Waals surface area contributed by atoms with Gasteiger partial charge in [0.05, 0.1) is 13.2 Å². The van der Waals surface area contributed by atoms with E-state index in [1.165, 1.54) is 6.33 Å². The smallest absolute Gasteiger partial charge is 0.274 e. The van der Waals surface area contributed by atoms with Crippen molar-refractivity contribution in [3.63, 3.8) is 0 Å². The Morgan fingerprint density at radius 3 is 2.75 bits per heavy atom. The molecule has 24 heavy (non-hydrogen) atoms. The maximum absolute atomic E-state index is 12.2. The molecule has 2 heterocycles. The largest absolute Gasteiger partial charge is 0.379 e. The Bertz CT molecular complexity index is 659. The van der Waals surface area contributed by atoms with Gasteiger partial charge in [0.1, 0.15) is 17.8 Å². The Hall–Kier alpha value is -2.51. The molecule has 7 heteroatoms. The molecule has 0 bridgehead atoms. The van der Waals surface area contributed by atoms with Crippen molar-refractivity contribution in [3.8, 4) is 0 Å². The number of morpholine rings is 1. The number of aromatic nitrogens is 2. The number of carbonyl (C=O) groups is 1. The predicted molar refractivity (Wildman–Crippen MR) is 92.2 cm³/mol. The Labute approximate surface area is 141 Å². The van der Waals surface area contributed by atoms with Gasteiger partial charge >= 0.3 is 0 Å². The van der Waals surface area contributed by atoms with Gasteiger partial charge in [0.2, 0.25) is 0 Å². The molecule has 0 saturated carbocycles. The van der Waals surface area contributed by atoms with Gasteiger partial charge in [-0.25, -0.2) is 9.97 Å². The average Bonchev–Trinajstić information content (AvgIpc) is 2.64. The molecule has 1 fully saturated rings. The van der Waals surface area contributed by atoms with Crippen molar-refractivity contribution in [2.75, 3.05) is 50.0 Å². The molecule has 0 aliphatic carbocycles. The van der Waals surface area contributed by atoms with Crippen molar-refractivity contribution in [1.82, 2.24) is 14.9 Å². The van der Waals surface area contributed by atoms with Crippen LogP contribution in [0.5, 0.6) is 0 Å². The molecule has 1 aliphatic heterocycles. The van der Waals surface area contributed by atoms with Crippen molar-refractivity contribution in [2.24, 2.45) is 0 Å². The number of amides is 1. The van der Waals surface area contributed by atoms with Gasteiger partial charge in [0.15, 0.2) is 0 Å². The zero-order chi connectivity index (χ0) is 16.6. The highest BCUT2D eigenvalue weighted by Crippen LogP contribution is 2.09. The normalized spacial score (nSPS) is 15.0. The van der Waals surface area contributed by atoms with Crippen molar-refractivity contribution in [2.45, 2.75) is 0 Å². The van der Waals surface area contributed by atoms with Crippen LogP contribution in [0.25, 0.3) is 0 Å². The van der Waals surface area contributed by atoms with E-state index >= 15 is 0 Å². The average molecular weight is 327 g/mol. The zero-order valence-electron chi connectivity index (χ0n) is 13.4. The van der Waals surface area contributed by atoms with E-state index in [2.05, 4.69) is 25.5 Å². The zero-order valence-corrected chi connectivity index (χ0v) is 13.4. The minimum absolute atomic E-state index is 0.250. The van der Waals surface area contributed by atoms with Crippen LogP contribution in [0.1, 0.15) is 10.5 Å². The van der Waals surface area contributed by atoms with Crippen LogP contribution in [0, 0.1) is 0 Å². The van der Waals surface area contributed by atoms with Crippen molar-refractivity contribution < 1.29 is 9.53 Å². The Balaban J connectivity index is 1.52. The number of hydrogen-bond acceptors (Lipinski definition) is 6. The molecular formula is C17H21N5O2. The summed E-state index contributed by atoms with van der Waals surface area (Å²) < 4.78 is 5.33. The second-order valence-electron chi connectivity index (χ2n) is 5.49. The van der Waals surface area contributed by atoms with Crippen LogP contribution < -0.4 is 10.6 Å². The number of ether oxygens (including phenoxy) is 1. The maximum atomic E-state index is 12.2. The predicted octanol–water partition coefficient (Wildman–Crippen LogP) is 1.47. The maximum Gasteiger partial charge on any atom is 0.274 e. The van der Waals surface area contributed by atoms with E-state index in [0.717, 1.165) is 45.1 Å². The van der Waals surface area contributed by atoms with E-state index in [1.807, 2.05) is 30.3 Å². The number of carbonyl (C=O) groups excluding carboxylic acids is 1. The second kappa shape index (κ2) is 8.37. The van der Waals surface area contributed by atoms with E-state index in [4.69, 9.17) is 4.74 Å². The van der Waals surface area contributed by atoms with Gasteiger partial charge in [0.25, 0.3) is 5.91 Å². The number of anilines is 2. The lowest BCUT2D eigenvalue weighted by Crippen LogP contribution is -2.39. The summed E-state index contributed by atoms with van der Waals surface area (Å²) in [5.41, 5.74) is 1.07. The third-order valence-corrected chi connectivity index (χ3v) is 3.77. The van der Waals surface area contributed by atoms with E-state index in [0.29, 0.717) is 11.5 Å². The lowest BCUT2D eigenvalue weighted by molar-refractivity contribution is 0.0398. The fraction of sp³-hybridized carbons (Fsp3) is 0.353. The van der Waals surface area contributed by atoms with Crippen LogP contribution in [-0.2, 0) is 4.74 Å². The Morgan fingerprint density at radius 2 is 1.96 bits per heavy atom. The molecule has 2 aromatic rings. The molecule has 2 N–H and O–H groups in total. The van der Waals surface area contributed by atoms with Crippen LogP contribution in [-0.4, -0.2) is 60.2 Å². The number of nitrogens with zero attached hydrogens (tertiary/aromatic N) is 3. The van der Waals surface area contributed by atoms with Crippen LogP contribution >= 0.6 is 0 Å². The number of hydrogen-bond donors (Lipinski definition) is 2. The standard InChI is InChI=1S/C17H21N5O2/c23-17(21-14-4-2-1-3-5-14)15-12-16(20-13-19-15)18-6-7-22-8-10-24-11-9-22/h1-5,12-13H,6-11H2,(H,21,23)(H,18,19,20). The van der Waals surface area contributed by atoms with Crippen LogP contribution in [0.4, 0.5) is 11.5 Å². The Morgan fingerprint density at radius 1 is 1.17 bits per heavy atom. The minimum Gasteiger partial charge on any atom is -0.379 e. The third-order valence-electron chi connectivity index (χ3n) is 3.77. The summed E-state index contributed by atoms with van der Waals surface area (Å²) in [5.74, 6) is 0.399. The van der Waals surface area contributed by atoms with Gasteiger partial charge in [0, 0.05) is 37.9 Å². The van der Waals surface area contributed by atoms with Gasteiger partial charge in [-0.15, -0.1) is 0 Å². The number of nitrogens with one attached hydrogen (secondary N) is 2. The van der Waals surface area contributed by atoms with Gasteiger partial charge in [-0.1, -0.05) is 18.2 Å². The first-order valence-corrected chi connectivity index (χ1v) is 8.04. The van der Waals surface area contributed by atoms with Crippen molar-refractivity contribution >= 4 is 17.4 Å². The first-order valence-electron chi connectivity index (χ1n) is 8.04. The lowest BCUT2D eigenvalue weighted by Gasteiger charge is -2.26. The number of rotatable bonds is 6. The molecule has 7 nitrogen and oxygen atoms in total. The topological polar surface area (TPSA) is 79.4 Å². The van der Waals surface area contributed by atoms with E-state index < -0.39 is 0 Å². The highest BCUT2D eigenvalue weighted by atomic mass is 16.5. The molecule has 1 aliphatic rings. The van der Waals surface area contributed by atoms with Crippen LogP contribution in [0.15, 0.2) is 42.7 Å². The van der Waals surface area contributed by atoms with Crippen molar-refractivity contribution in [1.29, 1.82) is 0 Å². The van der Waals surface area contributed by atoms with Gasteiger partial charge < -0.3 is 15.4 Å². The molecule has 0 spiro atoms. The summed E-state index contributed by atoms with van der Waals surface area (Å²) in [6.07, 6.45) is 1.40. The SMILES string of the molecule is O=C(Nc1ccccc1)c1cc(NCCN2CCOCC2)ncn1. The molecule has 3 rings (SSSR count). The number of para-hydroxylation sites is 1. The van der Waals surface area contributed by atoms with Gasteiger partial charge in [-0.2, -0.15) is 0 Å². The van der Waals surface area contributed by atoms with E-state index in [1.54, 1.807) is 6.07 Å². The summed E-state index contributed by atoms with van der Waals surface area (Å²) in [4.78, 5) is 22.8. The van der Waals surface area contributed by atoms with E-state index in [-0.39, 0.29) is 5.91 Å². The molecule has 0 radical (unpaired) electrons. The fourth-order valence-electron chi connectivity index (χ4n) is 2.46. The molecule has 126 valence electrons. The first kappa shape index (κ1) is 16.4. The Kier molecular flexibility index (Phi) is 5.70.